The Morgan fingerprint density at radius 2 is 2.12 bits per heavy atom. The first-order valence-electron chi connectivity index (χ1n) is 5.15. The van der Waals surface area contributed by atoms with E-state index in [9.17, 15) is 14.3 Å². The first kappa shape index (κ1) is 10.9. The van der Waals surface area contributed by atoms with Crippen LogP contribution in [0.2, 0.25) is 0 Å². The van der Waals surface area contributed by atoms with Gasteiger partial charge in [-0.15, -0.1) is 0 Å². The van der Waals surface area contributed by atoms with Crippen molar-refractivity contribution >= 4 is 11.7 Å². The fourth-order valence-corrected chi connectivity index (χ4v) is 1.66. The lowest BCUT2D eigenvalue weighted by molar-refractivity contribution is 0.176. The maximum atomic E-state index is 12.6. The molecule has 5 heteroatoms. The molecule has 2 amide bonds. The van der Waals surface area contributed by atoms with Crippen molar-refractivity contribution in [1.82, 2.24) is 4.90 Å². The number of amides is 2. The Kier molecular flexibility index (Phi) is 3.05. The van der Waals surface area contributed by atoms with Gasteiger partial charge < -0.3 is 15.3 Å². The quantitative estimate of drug-likeness (QED) is 0.758. The number of nitrogens with one attached hydrogen (secondary N) is 1. The SMILES string of the molecule is O=C(Nc1ccc(F)cc1)N1CC[C@@H](O)C1. The number of urea groups is 1. The molecule has 1 fully saturated rings. The summed E-state index contributed by atoms with van der Waals surface area (Å²) in [5.74, 6) is -0.338. The van der Waals surface area contributed by atoms with Gasteiger partial charge in [0, 0.05) is 18.8 Å². The van der Waals surface area contributed by atoms with Crippen LogP contribution in [0.3, 0.4) is 0 Å². The van der Waals surface area contributed by atoms with Crippen molar-refractivity contribution in [2.75, 3.05) is 18.4 Å². The van der Waals surface area contributed by atoms with Gasteiger partial charge in [-0.1, -0.05) is 0 Å². The predicted octanol–water partition coefficient (Wildman–Crippen LogP) is 1.42. The van der Waals surface area contributed by atoms with E-state index in [0.717, 1.165) is 0 Å². The van der Waals surface area contributed by atoms with Crippen LogP contribution in [0.4, 0.5) is 14.9 Å². The van der Waals surface area contributed by atoms with E-state index in [1.165, 1.54) is 29.2 Å². The zero-order valence-corrected chi connectivity index (χ0v) is 8.69. The van der Waals surface area contributed by atoms with Crippen molar-refractivity contribution in [1.29, 1.82) is 0 Å². The Labute approximate surface area is 92.7 Å². The number of β-amino-alcohol motifs (C(OH)–C–C–N with tert-alkyl or cyclic N) is 1. The fraction of sp³-hybridized carbons (Fsp3) is 0.364. The van der Waals surface area contributed by atoms with Crippen molar-refractivity contribution in [3.05, 3.63) is 30.1 Å². The average Bonchev–Trinajstić information content (AvgIpc) is 2.68. The normalized spacial score (nSPS) is 19.9. The monoisotopic (exact) mass is 224 g/mol. The zero-order chi connectivity index (χ0) is 11.5. The summed E-state index contributed by atoms with van der Waals surface area (Å²) in [7, 11) is 0. The van der Waals surface area contributed by atoms with E-state index in [1.807, 2.05) is 0 Å². The van der Waals surface area contributed by atoms with Crippen molar-refractivity contribution in [2.45, 2.75) is 12.5 Å². The van der Waals surface area contributed by atoms with Gasteiger partial charge in [-0.3, -0.25) is 0 Å². The lowest BCUT2D eigenvalue weighted by Gasteiger charge is -2.16. The molecular formula is C11H13FN2O2. The van der Waals surface area contributed by atoms with Crippen LogP contribution < -0.4 is 5.32 Å². The highest BCUT2D eigenvalue weighted by Gasteiger charge is 2.24. The Balaban J connectivity index is 1.94. The molecule has 1 aliphatic heterocycles. The lowest BCUT2D eigenvalue weighted by Crippen LogP contribution is -2.33. The fourth-order valence-electron chi connectivity index (χ4n) is 1.66. The summed E-state index contributed by atoms with van der Waals surface area (Å²) in [6, 6.07) is 5.31. The number of nitrogens with zero attached hydrogens (tertiary/aromatic N) is 1. The molecule has 1 atom stereocenters. The van der Waals surface area contributed by atoms with E-state index in [1.54, 1.807) is 0 Å². The largest absolute Gasteiger partial charge is 0.391 e. The third kappa shape index (κ3) is 2.49. The first-order valence-corrected chi connectivity index (χ1v) is 5.15. The van der Waals surface area contributed by atoms with Crippen LogP contribution in [0.1, 0.15) is 6.42 Å². The minimum atomic E-state index is -0.432. The number of benzene rings is 1. The van der Waals surface area contributed by atoms with Gasteiger partial charge in [0.15, 0.2) is 0 Å². The van der Waals surface area contributed by atoms with E-state index in [-0.39, 0.29) is 11.8 Å². The number of carbonyl (C=O) groups is 1. The molecule has 2 N–H and O–H groups in total. The van der Waals surface area contributed by atoms with Crippen LogP contribution in [-0.4, -0.2) is 35.2 Å². The standard InChI is InChI=1S/C11H13FN2O2/c12-8-1-3-9(4-2-8)13-11(16)14-6-5-10(15)7-14/h1-4,10,15H,5-7H2,(H,13,16)/t10-/m1/s1. The molecule has 0 saturated carbocycles. The highest BCUT2D eigenvalue weighted by Crippen LogP contribution is 2.13. The number of rotatable bonds is 1. The second-order valence-electron chi connectivity index (χ2n) is 3.83. The summed E-state index contributed by atoms with van der Waals surface area (Å²) in [5.41, 5.74) is 0.549. The number of likely N-dealkylation sites (tertiary alicyclic amines) is 1. The molecule has 1 aromatic carbocycles. The van der Waals surface area contributed by atoms with Gasteiger partial charge in [-0.2, -0.15) is 0 Å². The molecule has 0 aliphatic carbocycles. The molecule has 16 heavy (non-hydrogen) atoms. The minimum absolute atomic E-state index is 0.261. The highest BCUT2D eigenvalue weighted by molar-refractivity contribution is 5.89. The maximum absolute atomic E-state index is 12.6. The van der Waals surface area contributed by atoms with E-state index < -0.39 is 6.10 Å². The summed E-state index contributed by atoms with van der Waals surface area (Å²) < 4.78 is 12.6. The second kappa shape index (κ2) is 4.49. The first-order chi connectivity index (χ1) is 7.65. The predicted molar refractivity (Wildman–Crippen MR) is 57.6 cm³/mol. The van der Waals surface area contributed by atoms with Crippen LogP contribution in [0.25, 0.3) is 0 Å². The van der Waals surface area contributed by atoms with Crippen molar-refractivity contribution in [2.24, 2.45) is 0 Å². The Morgan fingerprint density at radius 1 is 1.44 bits per heavy atom. The summed E-state index contributed by atoms with van der Waals surface area (Å²) in [6.45, 7) is 0.904. The topological polar surface area (TPSA) is 52.6 Å². The van der Waals surface area contributed by atoms with E-state index in [4.69, 9.17) is 0 Å². The molecule has 4 nitrogen and oxygen atoms in total. The number of anilines is 1. The molecule has 0 spiro atoms. The summed E-state index contributed by atoms with van der Waals surface area (Å²) in [6.07, 6.45) is 0.176. The molecule has 1 saturated heterocycles. The van der Waals surface area contributed by atoms with Gasteiger partial charge in [0.05, 0.1) is 6.10 Å². The number of aliphatic hydroxyl groups excluding tert-OH is 1. The molecule has 1 aromatic rings. The van der Waals surface area contributed by atoms with Gasteiger partial charge in [-0.25, -0.2) is 9.18 Å². The van der Waals surface area contributed by atoms with Gasteiger partial charge in [-0.05, 0) is 30.7 Å². The molecule has 0 unspecified atom stereocenters. The van der Waals surface area contributed by atoms with Crippen LogP contribution in [-0.2, 0) is 0 Å². The smallest absolute Gasteiger partial charge is 0.321 e. The van der Waals surface area contributed by atoms with Crippen LogP contribution in [0, 0.1) is 5.82 Å². The van der Waals surface area contributed by atoms with Gasteiger partial charge >= 0.3 is 6.03 Å². The van der Waals surface area contributed by atoms with Gasteiger partial charge in [0.1, 0.15) is 5.82 Å². The molecule has 2 rings (SSSR count). The van der Waals surface area contributed by atoms with Crippen molar-refractivity contribution in [3.8, 4) is 0 Å². The highest BCUT2D eigenvalue weighted by atomic mass is 19.1. The van der Waals surface area contributed by atoms with Gasteiger partial charge in [0.25, 0.3) is 0 Å². The molecule has 0 radical (unpaired) electrons. The van der Waals surface area contributed by atoms with Crippen molar-refractivity contribution in [3.63, 3.8) is 0 Å². The summed E-state index contributed by atoms with van der Waals surface area (Å²) >= 11 is 0. The summed E-state index contributed by atoms with van der Waals surface area (Å²) in [4.78, 5) is 13.2. The minimum Gasteiger partial charge on any atom is -0.391 e. The van der Waals surface area contributed by atoms with E-state index >= 15 is 0 Å². The second-order valence-corrected chi connectivity index (χ2v) is 3.83. The lowest BCUT2D eigenvalue weighted by atomic mass is 10.3. The number of hydrogen-bond donors (Lipinski definition) is 2. The number of aliphatic hydroxyl groups is 1. The molecule has 86 valence electrons. The maximum Gasteiger partial charge on any atom is 0.321 e. The number of carbonyl (C=O) groups excluding carboxylic acids is 1. The van der Waals surface area contributed by atoms with Crippen LogP contribution in [0.5, 0.6) is 0 Å². The number of hydrogen-bond acceptors (Lipinski definition) is 2. The molecule has 1 heterocycles. The Hall–Kier alpha value is -1.62. The van der Waals surface area contributed by atoms with E-state index in [2.05, 4.69) is 5.32 Å². The van der Waals surface area contributed by atoms with Crippen LogP contribution >= 0.6 is 0 Å². The molecular weight excluding hydrogens is 211 g/mol. The average molecular weight is 224 g/mol. The van der Waals surface area contributed by atoms with Gasteiger partial charge in [0.2, 0.25) is 0 Å². The Morgan fingerprint density at radius 3 is 2.69 bits per heavy atom. The Bertz CT molecular complexity index is 380. The number of halogens is 1. The molecule has 1 aliphatic rings. The van der Waals surface area contributed by atoms with E-state index in [0.29, 0.717) is 25.2 Å². The molecule has 0 bridgehead atoms. The third-order valence-corrected chi connectivity index (χ3v) is 2.55. The third-order valence-electron chi connectivity index (χ3n) is 2.55. The zero-order valence-electron chi connectivity index (χ0n) is 8.69. The van der Waals surface area contributed by atoms with Crippen molar-refractivity contribution < 1.29 is 14.3 Å². The summed E-state index contributed by atoms with van der Waals surface area (Å²) in [5, 5.41) is 11.9. The van der Waals surface area contributed by atoms with Crippen LogP contribution in [0.15, 0.2) is 24.3 Å². The molecule has 0 aromatic heterocycles.